The highest BCUT2D eigenvalue weighted by Crippen LogP contribution is 2.45. The molecule has 0 saturated carbocycles. The van der Waals surface area contributed by atoms with Crippen molar-refractivity contribution in [1.82, 2.24) is 0 Å². The van der Waals surface area contributed by atoms with Gasteiger partial charge >= 0.3 is 11.9 Å². The Morgan fingerprint density at radius 2 is 1.83 bits per heavy atom. The SMILES string of the molecule is C=CC(=O)OCCCO.O=C(OCCCO)C1CC2C=CC1S2. The monoisotopic (exact) mass is 344 g/mol. The van der Waals surface area contributed by atoms with E-state index in [0.717, 1.165) is 12.5 Å². The molecule has 0 aromatic rings. The van der Waals surface area contributed by atoms with Crippen molar-refractivity contribution in [2.24, 2.45) is 5.92 Å². The molecule has 2 aliphatic heterocycles. The molecular formula is C16H24O6S. The molecule has 0 amide bonds. The minimum Gasteiger partial charge on any atom is -0.465 e. The van der Waals surface area contributed by atoms with E-state index in [-0.39, 0.29) is 31.7 Å². The molecule has 0 radical (unpaired) electrons. The van der Waals surface area contributed by atoms with Gasteiger partial charge in [-0.05, 0) is 6.42 Å². The van der Waals surface area contributed by atoms with Crippen LogP contribution < -0.4 is 0 Å². The van der Waals surface area contributed by atoms with E-state index in [1.54, 1.807) is 0 Å². The first kappa shape index (κ1) is 19.7. The van der Waals surface area contributed by atoms with Crippen LogP contribution in [-0.4, -0.2) is 59.1 Å². The van der Waals surface area contributed by atoms with E-state index >= 15 is 0 Å². The van der Waals surface area contributed by atoms with Gasteiger partial charge in [0.1, 0.15) is 0 Å². The van der Waals surface area contributed by atoms with Gasteiger partial charge in [0.25, 0.3) is 0 Å². The van der Waals surface area contributed by atoms with E-state index in [4.69, 9.17) is 14.9 Å². The zero-order valence-corrected chi connectivity index (χ0v) is 13.9. The van der Waals surface area contributed by atoms with Crippen LogP contribution in [0.1, 0.15) is 19.3 Å². The van der Waals surface area contributed by atoms with Gasteiger partial charge in [0.2, 0.25) is 0 Å². The number of fused-ring (bicyclic) bond motifs is 2. The Hall–Kier alpha value is -1.31. The molecule has 6 nitrogen and oxygen atoms in total. The van der Waals surface area contributed by atoms with Crippen LogP contribution in [-0.2, 0) is 19.1 Å². The summed E-state index contributed by atoms with van der Waals surface area (Å²) < 4.78 is 9.59. The van der Waals surface area contributed by atoms with Gasteiger partial charge in [0.15, 0.2) is 0 Å². The maximum absolute atomic E-state index is 11.6. The lowest BCUT2D eigenvalue weighted by molar-refractivity contribution is -0.148. The highest BCUT2D eigenvalue weighted by molar-refractivity contribution is 8.01. The predicted octanol–water partition coefficient (Wildman–Crippen LogP) is 1.07. The molecule has 130 valence electrons. The molecule has 0 spiro atoms. The molecule has 2 heterocycles. The number of aliphatic hydroxyl groups is 2. The van der Waals surface area contributed by atoms with Crippen LogP contribution in [0.2, 0.25) is 0 Å². The van der Waals surface area contributed by atoms with Gasteiger partial charge in [-0.3, -0.25) is 4.79 Å². The molecule has 1 saturated heterocycles. The van der Waals surface area contributed by atoms with Crippen molar-refractivity contribution in [3.05, 3.63) is 24.8 Å². The summed E-state index contributed by atoms with van der Waals surface area (Å²) in [7, 11) is 0. The number of thioether (sulfide) groups is 1. The quantitative estimate of drug-likeness (QED) is 0.294. The molecule has 23 heavy (non-hydrogen) atoms. The van der Waals surface area contributed by atoms with Crippen molar-refractivity contribution >= 4 is 23.7 Å². The Bertz CT molecular complexity index is 423. The van der Waals surface area contributed by atoms with Gasteiger partial charge in [0, 0.05) is 42.6 Å². The Morgan fingerprint density at radius 1 is 1.17 bits per heavy atom. The summed E-state index contributed by atoms with van der Waals surface area (Å²) in [6, 6.07) is 0. The van der Waals surface area contributed by atoms with Crippen molar-refractivity contribution in [3.63, 3.8) is 0 Å². The third-order valence-electron chi connectivity index (χ3n) is 3.29. The molecule has 1 fully saturated rings. The standard InChI is InChI=1S/C10H14O3S.C6H10O3/c11-4-1-5-13-10(12)8-6-7-2-3-9(8)14-7;1-2-6(8)9-5-3-4-7/h2-3,7-9,11H,1,4-6H2;2,7H,1,3-5H2. The zero-order chi connectivity index (χ0) is 17.1. The highest BCUT2D eigenvalue weighted by Gasteiger charge is 2.41. The first-order valence-corrected chi connectivity index (χ1v) is 8.58. The fourth-order valence-electron chi connectivity index (χ4n) is 2.14. The second kappa shape index (κ2) is 11.3. The topological polar surface area (TPSA) is 93.1 Å². The molecule has 2 bridgehead atoms. The number of carbonyl (C=O) groups is 2. The van der Waals surface area contributed by atoms with Crippen LogP contribution in [0.4, 0.5) is 0 Å². The van der Waals surface area contributed by atoms with Gasteiger partial charge in [0.05, 0.1) is 19.1 Å². The van der Waals surface area contributed by atoms with Crippen LogP contribution in [0, 0.1) is 5.92 Å². The molecule has 0 aromatic carbocycles. The number of carbonyl (C=O) groups excluding carboxylic acids is 2. The first-order valence-electron chi connectivity index (χ1n) is 7.63. The van der Waals surface area contributed by atoms with E-state index < -0.39 is 5.97 Å². The second-order valence-corrected chi connectivity index (χ2v) is 6.48. The third-order valence-corrected chi connectivity index (χ3v) is 4.79. The van der Waals surface area contributed by atoms with Crippen LogP contribution in [0.25, 0.3) is 0 Å². The number of hydrogen-bond acceptors (Lipinski definition) is 7. The van der Waals surface area contributed by atoms with Gasteiger partial charge in [-0.15, -0.1) is 11.8 Å². The number of ether oxygens (including phenoxy) is 2. The summed E-state index contributed by atoms with van der Waals surface area (Å²) >= 11 is 1.85. The molecule has 7 heteroatoms. The van der Waals surface area contributed by atoms with Crippen LogP contribution in [0.5, 0.6) is 0 Å². The highest BCUT2D eigenvalue weighted by atomic mass is 32.2. The van der Waals surface area contributed by atoms with E-state index in [9.17, 15) is 9.59 Å². The maximum atomic E-state index is 11.6. The number of hydrogen-bond donors (Lipinski definition) is 2. The second-order valence-electron chi connectivity index (χ2n) is 5.06. The number of esters is 2. The average molecular weight is 344 g/mol. The largest absolute Gasteiger partial charge is 0.465 e. The normalized spacial score (nSPS) is 23.8. The lowest BCUT2D eigenvalue weighted by Gasteiger charge is -2.15. The van der Waals surface area contributed by atoms with E-state index in [0.29, 0.717) is 29.9 Å². The minimum absolute atomic E-state index is 0.0461. The molecule has 3 unspecified atom stereocenters. The lowest BCUT2D eigenvalue weighted by Crippen LogP contribution is -2.24. The average Bonchev–Trinajstić information content (AvgIpc) is 3.19. The Morgan fingerprint density at radius 3 is 2.30 bits per heavy atom. The summed E-state index contributed by atoms with van der Waals surface area (Å²) in [5.74, 6) is -0.486. The van der Waals surface area contributed by atoms with Crippen molar-refractivity contribution in [3.8, 4) is 0 Å². The predicted molar refractivity (Wildman–Crippen MR) is 87.9 cm³/mol. The van der Waals surface area contributed by atoms with Crippen molar-refractivity contribution in [2.75, 3.05) is 26.4 Å². The molecule has 2 rings (SSSR count). The summed E-state index contributed by atoms with van der Waals surface area (Å²) in [5, 5.41) is 17.6. The molecule has 3 atom stereocenters. The van der Waals surface area contributed by atoms with Crippen LogP contribution in [0.3, 0.4) is 0 Å². The van der Waals surface area contributed by atoms with Gasteiger partial charge in [-0.25, -0.2) is 4.79 Å². The smallest absolute Gasteiger partial charge is 0.330 e. The van der Waals surface area contributed by atoms with E-state index in [1.807, 2.05) is 11.8 Å². The molecule has 2 aliphatic rings. The van der Waals surface area contributed by atoms with Gasteiger partial charge in [-0.1, -0.05) is 18.7 Å². The Kier molecular flexibility index (Phi) is 9.66. The van der Waals surface area contributed by atoms with E-state index in [2.05, 4.69) is 23.5 Å². The van der Waals surface area contributed by atoms with Crippen LogP contribution in [0.15, 0.2) is 24.8 Å². The molecular weight excluding hydrogens is 320 g/mol. The number of rotatable bonds is 8. The first-order chi connectivity index (χ1) is 11.1. The summed E-state index contributed by atoms with van der Waals surface area (Å²) in [4.78, 5) is 21.8. The Balaban J connectivity index is 0.000000257. The third kappa shape index (κ3) is 7.20. The lowest BCUT2D eigenvalue weighted by atomic mass is 9.95. The minimum atomic E-state index is -0.441. The van der Waals surface area contributed by atoms with E-state index in [1.165, 1.54) is 0 Å². The van der Waals surface area contributed by atoms with Crippen molar-refractivity contribution in [2.45, 2.75) is 29.8 Å². The van der Waals surface area contributed by atoms with Crippen molar-refractivity contribution < 1.29 is 29.3 Å². The van der Waals surface area contributed by atoms with Gasteiger partial charge in [-0.2, -0.15) is 0 Å². The van der Waals surface area contributed by atoms with Crippen LogP contribution >= 0.6 is 11.8 Å². The summed E-state index contributed by atoms with van der Waals surface area (Å²) in [6.07, 6.45) is 7.32. The molecule has 0 aromatic heterocycles. The molecule has 0 aliphatic carbocycles. The zero-order valence-electron chi connectivity index (χ0n) is 13.1. The molecule has 2 N–H and O–H groups in total. The number of aliphatic hydroxyl groups excluding tert-OH is 2. The summed E-state index contributed by atoms with van der Waals surface area (Å²) in [6.45, 7) is 3.94. The maximum Gasteiger partial charge on any atom is 0.330 e. The Labute approximate surface area is 140 Å². The fourth-order valence-corrected chi connectivity index (χ4v) is 3.64. The fraction of sp³-hybridized carbons (Fsp3) is 0.625. The van der Waals surface area contributed by atoms with Gasteiger partial charge < -0.3 is 19.7 Å². The van der Waals surface area contributed by atoms with Crippen molar-refractivity contribution in [1.29, 1.82) is 0 Å². The summed E-state index contributed by atoms with van der Waals surface area (Å²) in [5.41, 5.74) is 0.